The standard InChI is InChI=1S/C29H30FN7O2.CH4N2/c1-5-26(38)37-15-14-36(16-18(37)2)25-13-11-23-28(35-25)29(33-17-32-23)34-22-10-12-24(19(3)27(22)30)39-21-8-6-20(31-4)7-9-21;1-3-2/h5-13,17-18,31H,1,14-16H2,2-4H3,(H,32,33,34);2H,1H3. The van der Waals surface area contributed by atoms with Gasteiger partial charge in [-0.05, 0) is 68.5 Å². The summed E-state index contributed by atoms with van der Waals surface area (Å²) >= 11 is 0. The van der Waals surface area contributed by atoms with Crippen molar-refractivity contribution in [1.29, 1.82) is 5.53 Å². The molecule has 0 bridgehead atoms. The molecule has 0 spiro atoms. The van der Waals surface area contributed by atoms with Gasteiger partial charge in [-0.15, -0.1) is 0 Å². The number of carbonyl (C=O) groups excluding carboxylic acids is 1. The molecule has 4 aromatic rings. The molecule has 3 N–H and O–H groups in total. The van der Waals surface area contributed by atoms with Gasteiger partial charge in [-0.2, -0.15) is 0 Å². The van der Waals surface area contributed by atoms with Crippen LogP contribution in [0.25, 0.3) is 11.0 Å². The van der Waals surface area contributed by atoms with E-state index in [1.165, 1.54) is 19.5 Å². The van der Waals surface area contributed by atoms with Gasteiger partial charge in [0.15, 0.2) is 11.6 Å². The van der Waals surface area contributed by atoms with Crippen LogP contribution in [0.2, 0.25) is 0 Å². The zero-order valence-electron chi connectivity index (χ0n) is 24.1. The highest BCUT2D eigenvalue weighted by Gasteiger charge is 2.27. The minimum Gasteiger partial charge on any atom is -0.457 e. The normalized spacial score (nSPS) is 14.5. The smallest absolute Gasteiger partial charge is 0.246 e. The molecule has 1 saturated heterocycles. The van der Waals surface area contributed by atoms with Crippen LogP contribution in [0.15, 0.2) is 72.6 Å². The van der Waals surface area contributed by atoms with E-state index in [-0.39, 0.29) is 17.6 Å². The molecule has 0 saturated carbocycles. The number of carbonyl (C=O) groups is 1. The summed E-state index contributed by atoms with van der Waals surface area (Å²) < 4.78 is 21.4. The molecule has 218 valence electrons. The predicted octanol–water partition coefficient (Wildman–Crippen LogP) is 5.92. The van der Waals surface area contributed by atoms with E-state index in [9.17, 15) is 4.79 Å². The topological polar surface area (TPSA) is 132 Å². The third kappa shape index (κ3) is 6.60. The summed E-state index contributed by atoms with van der Waals surface area (Å²) in [6.07, 6.45) is 2.77. The molecule has 5 rings (SSSR count). The zero-order chi connectivity index (χ0) is 30.2. The summed E-state index contributed by atoms with van der Waals surface area (Å²) in [5, 5.41) is 8.90. The Morgan fingerprint density at radius 1 is 1.17 bits per heavy atom. The van der Waals surface area contributed by atoms with Crippen molar-refractivity contribution in [2.24, 2.45) is 5.11 Å². The summed E-state index contributed by atoms with van der Waals surface area (Å²) in [5.74, 6) is 1.65. The molecule has 3 heterocycles. The van der Waals surface area contributed by atoms with Gasteiger partial charge in [-0.25, -0.2) is 30.0 Å². The first-order chi connectivity index (χ1) is 20.3. The van der Waals surface area contributed by atoms with Gasteiger partial charge in [0.05, 0.1) is 11.2 Å². The highest BCUT2D eigenvalue weighted by molar-refractivity contribution is 5.89. The van der Waals surface area contributed by atoms with Crippen molar-refractivity contribution >= 4 is 40.0 Å². The Kier molecular flexibility index (Phi) is 9.58. The molecule has 1 amide bonds. The lowest BCUT2D eigenvalue weighted by atomic mass is 10.1. The SMILES string of the molecule is C=CC(=O)N1CCN(c2ccc3ncnc(Nc4ccc(Oc5ccc(NC)cc5)c(C)c4F)c3n2)CC1C.CN=N. The summed E-state index contributed by atoms with van der Waals surface area (Å²) in [5.41, 5.74) is 8.56. The maximum Gasteiger partial charge on any atom is 0.246 e. The van der Waals surface area contributed by atoms with Crippen LogP contribution in [-0.4, -0.2) is 65.5 Å². The van der Waals surface area contributed by atoms with Crippen LogP contribution < -0.4 is 20.3 Å². The van der Waals surface area contributed by atoms with E-state index in [0.29, 0.717) is 53.5 Å². The summed E-state index contributed by atoms with van der Waals surface area (Å²) in [7, 11) is 3.26. The van der Waals surface area contributed by atoms with Gasteiger partial charge in [0.1, 0.15) is 29.2 Å². The number of ether oxygens (including phenoxy) is 1. The number of nitrogens with one attached hydrogen (secondary N) is 3. The number of aromatic nitrogens is 3. The monoisotopic (exact) mass is 571 g/mol. The lowest BCUT2D eigenvalue weighted by Crippen LogP contribution is -2.53. The van der Waals surface area contributed by atoms with Crippen LogP contribution in [-0.2, 0) is 4.79 Å². The number of halogens is 1. The first-order valence-electron chi connectivity index (χ1n) is 13.4. The molecule has 42 heavy (non-hydrogen) atoms. The Labute approximate surface area is 244 Å². The zero-order valence-corrected chi connectivity index (χ0v) is 24.1. The molecule has 1 aliphatic heterocycles. The third-order valence-electron chi connectivity index (χ3n) is 6.84. The van der Waals surface area contributed by atoms with Crippen LogP contribution in [0.3, 0.4) is 0 Å². The van der Waals surface area contributed by atoms with E-state index in [1.807, 2.05) is 50.4 Å². The van der Waals surface area contributed by atoms with Gasteiger partial charge in [0.2, 0.25) is 5.91 Å². The van der Waals surface area contributed by atoms with Crippen LogP contribution in [0.5, 0.6) is 11.5 Å². The fraction of sp³-hybridized carbons (Fsp3) is 0.267. The van der Waals surface area contributed by atoms with Gasteiger partial charge in [0.25, 0.3) is 0 Å². The van der Waals surface area contributed by atoms with Crippen LogP contribution in [0.4, 0.5) is 27.4 Å². The van der Waals surface area contributed by atoms with E-state index >= 15 is 4.39 Å². The molecule has 2 aromatic carbocycles. The Hall–Kier alpha value is -5.13. The molecular weight excluding hydrogens is 537 g/mol. The number of hydrogen-bond acceptors (Lipinski definition) is 10. The second kappa shape index (κ2) is 13.5. The number of fused-ring (bicyclic) bond motifs is 1. The lowest BCUT2D eigenvalue weighted by molar-refractivity contribution is -0.128. The molecule has 1 unspecified atom stereocenters. The fourth-order valence-electron chi connectivity index (χ4n) is 4.63. The number of nitrogens with zero attached hydrogens (tertiary/aromatic N) is 6. The number of pyridine rings is 1. The molecule has 0 radical (unpaired) electrons. The number of piperazine rings is 1. The Bertz CT molecular complexity index is 1580. The van der Waals surface area contributed by atoms with Crippen LogP contribution >= 0.6 is 0 Å². The Morgan fingerprint density at radius 2 is 1.90 bits per heavy atom. The molecule has 0 aliphatic carbocycles. The van der Waals surface area contributed by atoms with Crippen molar-refractivity contribution < 1.29 is 13.9 Å². The van der Waals surface area contributed by atoms with Gasteiger partial charge >= 0.3 is 0 Å². The predicted molar refractivity (Wildman–Crippen MR) is 162 cm³/mol. The number of amides is 1. The van der Waals surface area contributed by atoms with Gasteiger partial charge in [-0.1, -0.05) is 6.58 Å². The average molecular weight is 572 g/mol. The second-order valence-corrected chi connectivity index (χ2v) is 9.57. The fourth-order valence-corrected chi connectivity index (χ4v) is 4.63. The number of anilines is 4. The van der Waals surface area contributed by atoms with E-state index < -0.39 is 5.82 Å². The number of rotatable bonds is 7. The van der Waals surface area contributed by atoms with Gasteiger partial charge in [-0.3, -0.25) is 4.79 Å². The van der Waals surface area contributed by atoms with Crippen LogP contribution in [0, 0.1) is 18.3 Å². The molecule has 2 aromatic heterocycles. The van der Waals surface area contributed by atoms with Crippen molar-refractivity contribution in [2.45, 2.75) is 19.9 Å². The lowest BCUT2D eigenvalue weighted by Gasteiger charge is -2.40. The number of benzene rings is 2. The van der Waals surface area contributed by atoms with Crippen molar-refractivity contribution in [2.75, 3.05) is 49.3 Å². The van der Waals surface area contributed by atoms with Crippen molar-refractivity contribution in [1.82, 2.24) is 19.9 Å². The van der Waals surface area contributed by atoms with E-state index in [1.54, 1.807) is 24.0 Å². The van der Waals surface area contributed by atoms with E-state index in [2.05, 4.69) is 37.2 Å². The molecular formula is C30H34FN9O2. The van der Waals surface area contributed by atoms with Crippen LogP contribution in [0.1, 0.15) is 12.5 Å². The van der Waals surface area contributed by atoms with Crippen molar-refractivity contribution in [3.8, 4) is 11.5 Å². The maximum absolute atomic E-state index is 15.4. The van der Waals surface area contributed by atoms with Crippen molar-refractivity contribution in [3.05, 3.63) is 78.9 Å². The molecule has 1 aliphatic rings. The molecule has 11 nitrogen and oxygen atoms in total. The second-order valence-electron chi connectivity index (χ2n) is 9.57. The highest BCUT2D eigenvalue weighted by atomic mass is 19.1. The van der Waals surface area contributed by atoms with Gasteiger partial charge < -0.3 is 25.2 Å². The Morgan fingerprint density at radius 3 is 2.57 bits per heavy atom. The minimum absolute atomic E-state index is 0.00502. The third-order valence-corrected chi connectivity index (χ3v) is 6.84. The van der Waals surface area contributed by atoms with E-state index in [0.717, 1.165) is 11.5 Å². The first-order valence-corrected chi connectivity index (χ1v) is 13.4. The largest absolute Gasteiger partial charge is 0.457 e. The number of hydrogen-bond donors (Lipinski definition) is 3. The van der Waals surface area contributed by atoms with Crippen molar-refractivity contribution in [3.63, 3.8) is 0 Å². The average Bonchev–Trinajstić information content (AvgIpc) is 3.01. The summed E-state index contributed by atoms with van der Waals surface area (Å²) in [6.45, 7) is 9.09. The molecule has 1 fully saturated rings. The Balaban J connectivity index is 0.00000129. The maximum atomic E-state index is 15.4. The summed E-state index contributed by atoms with van der Waals surface area (Å²) in [6, 6.07) is 14.5. The molecule has 12 heteroatoms. The highest BCUT2D eigenvalue weighted by Crippen LogP contribution is 2.33. The van der Waals surface area contributed by atoms with E-state index in [4.69, 9.17) is 15.3 Å². The summed E-state index contributed by atoms with van der Waals surface area (Å²) in [4.78, 5) is 29.5. The first kappa shape index (κ1) is 29.8. The van der Waals surface area contributed by atoms with Gasteiger partial charge in [0, 0.05) is 51.0 Å². The minimum atomic E-state index is -0.445. The molecule has 1 atom stereocenters. The quantitative estimate of drug-likeness (QED) is 0.184.